The molecule has 1 heterocycles. The first-order valence-electron chi connectivity index (χ1n) is 5.76. The number of nitrogens with zero attached hydrogens (tertiary/aromatic N) is 2. The van der Waals surface area contributed by atoms with Crippen LogP contribution in [0.5, 0.6) is 0 Å². The van der Waals surface area contributed by atoms with Crippen LogP contribution in [0.15, 0.2) is 36.7 Å². The number of aromatic nitrogens is 2. The van der Waals surface area contributed by atoms with Crippen LogP contribution >= 0.6 is 11.6 Å². The molecule has 0 amide bonds. The van der Waals surface area contributed by atoms with E-state index >= 15 is 0 Å². The molecule has 4 nitrogen and oxygen atoms in total. The molecule has 2 aromatic rings. The highest BCUT2D eigenvalue weighted by molar-refractivity contribution is 6.32. The molecule has 0 bridgehead atoms. The second-order valence-electron chi connectivity index (χ2n) is 4.07. The SMILES string of the molecule is COCC(C)Nc1nccn1-c1ccccc1Cl. The minimum atomic E-state index is 0.179. The lowest BCUT2D eigenvalue weighted by Gasteiger charge is -2.15. The lowest BCUT2D eigenvalue weighted by Crippen LogP contribution is -2.22. The Bertz CT molecular complexity index is 512. The molecule has 2 rings (SSSR count). The molecule has 18 heavy (non-hydrogen) atoms. The average Bonchev–Trinajstić information content (AvgIpc) is 2.78. The van der Waals surface area contributed by atoms with Crippen LogP contribution in [0.3, 0.4) is 0 Å². The summed E-state index contributed by atoms with van der Waals surface area (Å²) in [4.78, 5) is 4.29. The maximum absolute atomic E-state index is 6.18. The van der Waals surface area contributed by atoms with E-state index in [9.17, 15) is 0 Å². The van der Waals surface area contributed by atoms with E-state index in [2.05, 4.69) is 10.3 Å². The van der Waals surface area contributed by atoms with Crippen molar-refractivity contribution in [1.82, 2.24) is 9.55 Å². The summed E-state index contributed by atoms with van der Waals surface area (Å²) in [6.45, 7) is 2.66. The Kier molecular flexibility index (Phi) is 4.23. The minimum Gasteiger partial charge on any atom is -0.383 e. The van der Waals surface area contributed by atoms with Crippen molar-refractivity contribution in [2.24, 2.45) is 0 Å². The Morgan fingerprint density at radius 2 is 2.22 bits per heavy atom. The van der Waals surface area contributed by atoms with Gasteiger partial charge < -0.3 is 10.1 Å². The zero-order valence-electron chi connectivity index (χ0n) is 10.4. The lowest BCUT2D eigenvalue weighted by molar-refractivity contribution is 0.190. The highest BCUT2D eigenvalue weighted by atomic mass is 35.5. The molecular weight excluding hydrogens is 250 g/mol. The van der Waals surface area contributed by atoms with Crippen LogP contribution in [0.25, 0.3) is 5.69 Å². The van der Waals surface area contributed by atoms with Crippen molar-refractivity contribution in [3.8, 4) is 5.69 Å². The van der Waals surface area contributed by atoms with Gasteiger partial charge in [0, 0.05) is 25.5 Å². The van der Waals surface area contributed by atoms with Gasteiger partial charge >= 0.3 is 0 Å². The van der Waals surface area contributed by atoms with E-state index in [-0.39, 0.29) is 6.04 Å². The number of methoxy groups -OCH3 is 1. The average molecular weight is 266 g/mol. The quantitative estimate of drug-likeness (QED) is 0.903. The van der Waals surface area contributed by atoms with E-state index in [0.717, 1.165) is 11.6 Å². The second-order valence-corrected chi connectivity index (χ2v) is 4.48. The van der Waals surface area contributed by atoms with Gasteiger partial charge in [-0.05, 0) is 19.1 Å². The first-order valence-corrected chi connectivity index (χ1v) is 6.14. The third kappa shape index (κ3) is 2.83. The fraction of sp³-hybridized carbons (Fsp3) is 0.308. The molecule has 5 heteroatoms. The number of hydrogen-bond acceptors (Lipinski definition) is 3. The van der Waals surface area contributed by atoms with Crippen LogP contribution in [-0.2, 0) is 4.74 Å². The largest absolute Gasteiger partial charge is 0.383 e. The van der Waals surface area contributed by atoms with Crippen molar-refractivity contribution in [2.45, 2.75) is 13.0 Å². The van der Waals surface area contributed by atoms with Gasteiger partial charge in [-0.25, -0.2) is 4.98 Å². The highest BCUT2D eigenvalue weighted by Gasteiger charge is 2.10. The van der Waals surface area contributed by atoms with E-state index in [1.807, 2.05) is 42.0 Å². The third-order valence-corrected chi connectivity index (χ3v) is 2.86. The van der Waals surface area contributed by atoms with Crippen LogP contribution in [0.2, 0.25) is 5.02 Å². The van der Waals surface area contributed by atoms with Gasteiger partial charge in [-0.3, -0.25) is 4.57 Å². The fourth-order valence-electron chi connectivity index (χ4n) is 1.76. The van der Waals surface area contributed by atoms with Crippen LogP contribution in [0.4, 0.5) is 5.95 Å². The van der Waals surface area contributed by atoms with Crippen LogP contribution in [0, 0.1) is 0 Å². The minimum absolute atomic E-state index is 0.179. The van der Waals surface area contributed by atoms with Gasteiger partial charge in [0.05, 0.1) is 17.3 Å². The van der Waals surface area contributed by atoms with Crippen molar-refractivity contribution < 1.29 is 4.74 Å². The molecule has 1 atom stereocenters. The topological polar surface area (TPSA) is 39.1 Å². The van der Waals surface area contributed by atoms with Gasteiger partial charge in [-0.15, -0.1) is 0 Å². The molecule has 0 saturated heterocycles. The number of imidazole rings is 1. The molecule has 1 N–H and O–H groups in total. The first-order chi connectivity index (χ1) is 8.72. The lowest BCUT2D eigenvalue weighted by atomic mass is 10.3. The Morgan fingerprint density at radius 3 is 2.94 bits per heavy atom. The monoisotopic (exact) mass is 265 g/mol. The van der Waals surface area contributed by atoms with Crippen molar-refractivity contribution in [3.05, 3.63) is 41.7 Å². The molecule has 0 spiro atoms. The normalized spacial score (nSPS) is 12.4. The van der Waals surface area contributed by atoms with Crippen LogP contribution < -0.4 is 5.32 Å². The molecule has 0 fully saturated rings. The molecule has 0 aliphatic carbocycles. The summed E-state index contributed by atoms with van der Waals surface area (Å²) >= 11 is 6.18. The zero-order chi connectivity index (χ0) is 13.0. The number of anilines is 1. The predicted octanol–water partition coefficient (Wildman–Crippen LogP) is 2.97. The number of nitrogens with one attached hydrogen (secondary N) is 1. The van der Waals surface area contributed by atoms with Crippen molar-refractivity contribution in [2.75, 3.05) is 19.0 Å². The van der Waals surface area contributed by atoms with Gasteiger partial charge in [0.1, 0.15) is 0 Å². The van der Waals surface area contributed by atoms with E-state index in [0.29, 0.717) is 11.6 Å². The Hall–Kier alpha value is -1.52. The standard InChI is InChI=1S/C13H16ClN3O/c1-10(9-18-2)16-13-15-7-8-17(13)12-6-4-3-5-11(12)14/h3-8,10H,9H2,1-2H3,(H,15,16). The fourth-order valence-corrected chi connectivity index (χ4v) is 1.99. The first kappa shape index (κ1) is 12.9. The molecular formula is C13H16ClN3O. The molecule has 96 valence electrons. The van der Waals surface area contributed by atoms with Crippen LogP contribution in [-0.4, -0.2) is 29.3 Å². The van der Waals surface area contributed by atoms with E-state index < -0.39 is 0 Å². The Balaban J connectivity index is 2.25. The van der Waals surface area contributed by atoms with Crippen molar-refractivity contribution in [3.63, 3.8) is 0 Å². The smallest absolute Gasteiger partial charge is 0.207 e. The molecule has 0 aliphatic heterocycles. The summed E-state index contributed by atoms with van der Waals surface area (Å²) in [5, 5.41) is 3.98. The Labute approximate surface area is 112 Å². The van der Waals surface area contributed by atoms with Gasteiger partial charge in [-0.2, -0.15) is 0 Å². The summed E-state index contributed by atoms with van der Waals surface area (Å²) in [6.07, 6.45) is 3.62. The predicted molar refractivity (Wildman–Crippen MR) is 73.5 cm³/mol. The number of rotatable bonds is 5. The zero-order valence-corrected chi connectivity index (χ0v) is 11.2. The molecule has 1 aromatic carbocycles. The summed E-state index contributed by atoms with van der Waals surface area (Å²) < 4.78 is 7.02. The summed E-state index contributed by atoms with van der Waals surface area (Å²) in [5.41, 5.74) is 0.906. The number of ether oxygens (including phenoxy) is 1. The van der Waals surface area contributed by atoms with Crippen LogP contribution in [0.1, 0.15) is 6.92 Å². The van der Waals surface area contributed by atoms with Gasteiger partial charge in [0.2, 0.25) is 5.95 Å². The maximum atomic E-state index is 6.18. The molecule has 0 saturated carbocycles. The van der Waals surface area contributed by atoms with Crippen molar-refractivity contribution >= 4 is 17.5 Å². The highest BCUT2D eigenvalue weighted by Crippen LogP contribution is 2.23. The third-order valence-electron chi connectivity index (χ3n) is 2.54. The maximum Gasteiger partial charge on any atom is 0.207 e. The molecule has 0 aliphatic rings. The molecule has 0 radical (unpaired) electrons. The van der Waals surface area contributed by atoms with E-state index in [1.165, 1.54) is 0 Å². The molecule has 1 aromatic heterocycles. The van der Waals surface area contributed by atoms with E-state index in [4.69, 9.17) is 16.3 Å². The summed E-state index contributed by atoms with van der Waals surface area (Å²) in [7, 11) is 1.68. The van der Waals surface area contributed by atoms with Gasteiger partial charge in [0.25, 0.3) is 0 Å². The molecule has 1 unspecified atom stereocenters. The number of benzene rings is 1. The van der Waals surface area contributed by atoms with Gasteiger partial charge in [-0.1, -0.05) is 23.7 Å². The number of para-hydroxylation sites is 1. The van der Waals surface area contributed by atoms with Crippen molar-refractivity contribution in [1.29, 1.82) is 0 Å². The van der Waals surface area contributed by atoms with Gasteiger partial charge in [0.15, 0.2) is 0 Å². The number of halogens is 1. The number of hydrogen-bond donors (Lipinski definition) is 1. The Morgan fingerprint density at radius 1 is 1.44 bits per heavy atom. The summed E-state index contributed by atoms with van der Waals surface area (Å²) in [5.74, 6) is 0.757. The second kappa shape index (κ2) is 5.89. The van der Waals surface area contributed by atoms with E-state index in [1.54, 1.807) is 13.3 Å². The summed E-state index contributed by atoms with van der Waals surface area (Å²) in [6, 6.07) is 7.85.